The van der Waals surface area contributed by atoms with Crippen molar-refractivity contribution in [2.75, 3.05) is 6.54 Å². The van der Waals surface area contributed by atoms with E-state index in [4.69, 9.17) is 4.42 Å². The van der Waals surface area contributed by atoms with Crippen molar-refractivity contribution in [2.45, 2.75) is 6.54 Å². The molecule has 0 atom stereocenters. The van der Waals surface area contributed by atoms with Gasteiger partial charge in [-0.05, 0) is 29.8 Å². The lowest BCUT2D eigenvalue weighted by Crippen LogP contribution is -2.82. The van der Waals surface area contributed by atoms with Gasteiger partial charge in [-0.25, -0.2) is 0 Å². The second-order valence-electron chi connectivity index (χ2n) is 4.15. The molecule has 0 aliphatic carbocycles. The van der Waals surface area contributed by atoms with E-state index in [1.807, 2.05) is 24.3 Å². The van der Waals surface area contributed by atoms with Gasteiger partial charge in [-0.1, -0.05) is 24.8 Å². The maximum absolute atomic E-state index is 10.8. The highest BCUT2D eigenvalue weighted by Crippen LogP contribution is 2.22. The van der Waals surface area contributed by atoms with Crippen LogP contribution in [0.25, 0.3) is 11.3 Å². The number of aromatic carboxylic acids is 1. The Balaban J connectivity index is 2.15. The third-order valence-corrected chi connectivity index (χ3v) is 2.72. The zero-order valence-electron chi connectivity index (χ0n) is 10.5. The van der Waals surface area contributed by atoms with Crippen LogP contribution in [-0.4, -0.2) is 12.5 Å². The van der Waals surface area contributed by atoms with Crippen LogP contribution in [0.2, 0.25) is 0 Å². The number of nitrogens with two attached hydrogens (primary N) is 1. The highest BCUT2D eigenvalue weighted by Gasteiger charge is 2.06. The van der Waals surface area contributed by atoms with E-state index in [0.29, 0.717) is 5.76 Å². The van der Waals surface area contributed by atoms with Gasteiger partial charge >= 0.3 is 0 Å². The number of carboxylic acid groups (broad SMARTS) is 1. The number of benzene rings is 1. The predicted octanol–water partition coefficient (Wildman–Crippen LogP) is 0.559. The van der Waals surface area contributed by atoms with Gasteiger partial charge in [0.25, 0.3) is 0 Å². The summed E-state index contributed by atoms with van der Waals surface area (Å²) in [4.78, 5) is 10.8. The van der Waals surface area contributed by atoms with Crippen molar-refractivity contribution < 1.29 is 19.6 Å². The minimum atomic E-state index is -1.19. The van der Waals surface area contributed by atoms with Crippen LogP contribution < -0.4 is 10.4 Å². The topological polar surface area (TPSA) is 69.9 Å². The van der Waals surface area contributed by atoms with Crippen molar-refractivity contribution in [1.82, 2.24) is 0 Å². The summed E-state index contributed by atoms with van der Waals surface area (Å²) >= 11 is 0. The summed E-state index contributed by atoms with van der Waals surface area (Å²) in [6.07, 6.45) is 1.83. The molecule has 0 amide bonds. The number of hydrogen-bond acceptors (Lipinski definition) is 3. The lowest BCUT2D eigenvalue weighted by molar-refractivity contribution is -0.663. The first-order valence-corrected chi connectivity index (χ1v) is 6.04. The maximum Gasteiger partial charge on any atom is 0.158 e. The van der Waals surface area contributed by atoms with Gasteiger partial charge in [-0.3, -0.25) is 0 Å². The van der Waals surface area contributed by atoms with Crippen molar-refractivity contribution in [3.8, 4) is 11.3 Å². The molecule has 1 heterocycles. The van der Waals surface area contributed by atoms with Gasteiger partial charge in [-0.2, -0.15) is 0 Å². The molecule has 1 aromatic heterocycles. The average Bonchev–Trinajstić information content (AvgIpc) is 2.88. The van der Waals surface area contributed by atoms with Gasteiger partial charge in [-0.15, -0.1) is 0 Å². The minimum Gasteiger partial charge on any atom is -0.545 e. The van der Waals surface area contributed by atoms with E-state index in [0.717, 1.165) is 24.4 Å². The fourth-order valence-corrected chi connectivity index (χ4v) is 1.79. The van der Waals surface area contributed by atoms with Gasteiger partial charge in [0, 0.05) is 5.56 Å². The maximum atomic E-state index is 10.8. The quantitative estimate of drug-likeness (QED) is 0.607. The van der Waals surface area contributed by atoms with Crippen molar-refractivity contribution in [3.63, 3.8) is 0 Å². The molecule has 1 aromatic carbocycles. The molecule has 0 aliphatic rings. The van der Waals surface area contributed by atoms with Crippen molar-refractivity contribution in [3.05, 3.63) is 60.4 Å². The van der Waals surface area contributed by atoms with E-state index in [-0.39, 0.29) is 5.56 Å². The van der Waals surface area contributed by atoms with E-state index in [9.17, 15) is 9.90 Å². The van der Waals surface area contributed by atoms with Gasteiger partial charge in [0.05, 0.1) is 12.5 Å². The second kappa shape index (κ2) is 6.02. The molecule has 2 aromatic rings. The molecule has 98 valence electrons. The molecule has 2 rings (SSSR count). The molecule has 2 N–H and O–H groups in total. The molecule has 0 saturated carbocycles. The molecular formula is C15H15NO3. The predicted molar refractivity (Wildman–Crippen MR) is 69.2 cm³/mol. The highest BCUT2D eigenvalue weighted by atomic mass is 16.4. The number of furan rings is 1. The zero-order chi connectivity index (χ0) is 13.7. The molecule has 0 bridgehead atoms. The Labute approximate surface area is 111 Å². The SMILES string of the molecule is C=CC[NH2+]Cc1ccc(-c2cccc(C(=O)[O-])c2)o1. The Kier molecular flexibility index (Phi) is 4.15. The smallest absolute Gasteiger partial charge is 0.158 e. The molecular weight excluding hydrogens is 242 g/mol. The first kappa shape index (κ1) is 13.1. The van der Waals surface area contributed by atoms with Crippen LogP contribution in [0.5, 0.6) is 0 Å². The van der Waals surface area contributed by atoms with Crippen LogP contribution >= 0.6 is 0 Å². The lowest BCUT2D eigenvalue weighted by atomic mass is 10.1. The zero-order valence-corrected chi connectivity index (χ0v) is 10.5. The Hall–Kier alpha value is -2.33. The molecule has 19 heavy (non-hydrogen) atoms. The Morgan fingerprint density at radius 2 is 2.21 bits per heavy atom. The summed E-state index contributed by atoms with van der Waals surface area (Å²) in [5, 5.41) is 12.9. The molecule has 0 fully saturated rings. The van der Waals surface area contributed by atoms with Crippen LogP contribution in [0.3, 0.4) is 0 Å². The standard InChI is InChI=1S/C15H15NO3/c1-2-8-16-10-13-6-7-14(19-13)11-4-3-5-12(9-11)15(17)18/h2-7,9,16H,1,8,10H2,(H,17,18). The van der Waals surface area contributed by atoms with Gasteiger partial charge < -0.3 is 19.6 Å². The monoisotopic (exact) mass is 257 g/mol. The number of carbonyl (C=O) groups excluding carboxylic acids is 1. The normalized spacial score (nSPS) is 10.3. The number of rotatable bonds is 6. The van der Waals surface area contributed by atoms with Crippen LogP contribution in [0.4, 0.5) is 0 Å². The van der Waals surface area contributed by atoms with Gasteiger partial charge in [0.1, 0.15) is 12.3 Å². The largest absolute Gasteiger partial charge is 0.545 e. The number of quaternary nitrogens is 1. The molecule has 0 saturated heterocycles. The number of carbonyl (C=O) groups is 1. The van der Waals surface area contributed by atoms with Gasteiger partial charge in [0.15, 0.2) is 5.76 Å². The summed E-state index contributed by atoms with van der Waals surface area (Å²) in [5.74, 6) is 0.314. The fourth-order valence-electron chi connectivity index (χ4n) is 1.79. The molecule has 4 heteroatoms. The van der Waals surface area contributed by atoms with Crippen molar-refractivity contribution >= 4 is 5.97 Å². The molecule has 4 nitrogen and oxygen atoms in total. The summed E-state index contributed by atoms with van der Waals surface area (Å²) in [5.41, 5.74) is 0.880. The number of hydrogen-bond donors (Lipinski definition) is 1. The van der Waals surface area contributed by atoms with Crippen molar-refractivity contribution in [1.29, 1.82) is 0 Å². The summed E-state index contributed by atoms with van der Waals surface area (Å²) < 4.78 is 5.67. The van der Waals surface area contributed by atoms with Crippen LogP contribution in [0.15, 0.2) is 53.5 Å². The van der Waals surface area contributed by atoms with Crippen LogP contribution in [-0.2, 0) is 6.54 Å². The van der Waals surface area contributed by atoms with E-state index in [2.05, 4.69) is 11.9 Å². The van der Waals surface area contributed by atoms with Gasteiger partial charge in [0.2, 0.25) is 0 Å². The molecule has 0 radical (unpaired) electrons. The summed E-state index contributed by atoms with van der Waals surface area (Å²) in [7, 11) is 0. The van der Waals surface area contributed by atoms with E-state index >= 15 is 0 Å². The Morgan fingerprint density at radius 3 is 2.95 bits per heavy atom. The Bertz CT molecular complexity index is 587. The van der Waals surface area contributed by atoms with Crippen LogP contribution in [0.1, 0.15) is 16.1 Å². The van der Waals surface area contributed by atoms with E-state index in [1.54, 1.807) is 12.1 Å². The summed E-state index contributed by atoms with van der Waals surface area (Å²) in [6, 6.07) is 10.3. The molecule has 0 spiro atoms. The highest BCUT2D eigenvalue weighted by molar-refractivity contribution is 5.87. The first-order chi connectivity index (χ1) is 9.20. The summed E-state index contributed by atoms with van der Waals surface area (Å²) in [6.45, 7) is 5.21. The van der Waals surface area contributed by atoms with E-state index in [1.165, 1.54) is 6.07 Å². The van der Waals surface area contributed by atoms with Crippen molar-refractivity contribution in [2.24, 2.45) is 0 Å². The first-order valence-electron chi connectivity index (χ1n) is 6.04. The minimum absolute atomic E-state index is 0.147. The molecule has 0 aliphatic heterocycles. The second-order valence-corrected chi connectivity index (χ2v) is 4.15. The fraction of sp³-hybridized carbons (Fsp3) is 0.133. The Morgan fingerprint density at radius 1 is 1.37 bits per heavy atom. The number of carboxylic acids is 1. The third kappa shape index (κ3) is 3.33. The lowest BCUT2D eigenvalue weighted by Gasteiger charge is -2.03. The average molecular weight is 257 g/mol. The third-order valence-electron chi connectivity index (χ3n) is 2.72. The van der Waals surface area contributed by atoms with E-state index < -0.39 is 5.97 Å². The molecule has 0 unspecified atom stereocenters. The van der Waals surface area contributed by atoms with Crippen LogP contribution in [0, 0.1) is 0 Å².